The molecule has 1 unspecified atom stereocenters. The van der Waals surface area contributed by atoms with E-state index in [1.807, 2.05) is 47.2 Å². The van der Waals surface area contributed by atoms with Gasteiger partial charge < -0.3 is 34.7 Å². The van der Waals surface area contributed by atoms with E-state index in [4.69, 9.17) is 9.47 Å². The Morgan fingerprint density at radius 2 is 1.64 bits per heavy atom. The molecule has 3 N–H and O–H groups in total. The van der Waals surface area contributed by atoms with Crippen LogP contribution in [0, 0.1) is 5.92 Å². The van der Waals surface area contributed by atoms with E-state index < -0.39 is 58.7 Å². The normalized spacial score (nSPS) is 24.0. The number of nitrogens with one attached hydrogen (secondary N) is 2. The minimum Gasteiger partial charge on any atom is -0.497 e. The average Bonchev–Trinajstić information content (AvgIpc) is 3.50. The van der Waals surface area contributed by atoms with Crippen molar-refractivity contribution in [2.45, 2.75) is 108 Å². The molecule has 2 aromatic heterocycles. The first-order chi connectivity index (χ1) is 27.8. The number of alkyl carbamates (subject to hydrolysis) is 1. The number of ether oxygens (including phenoxy) is 2. The van der Waals surface area contributed by atoms with Crippen LogP contribution in [0.5, 0.6) is 5.75 Å². The van der Waals surface area contributed by atoms with Gasteiger partial charge >= 0.3 is 12.1 Å². The number of hydrogen-bond donors (Lipinski definition) is 3. The quantitative estimate of drug-likeness (QED) is 0.215. The Labute approximate surface area is 336 Å². The average molecular weight is 794 g/mol. The second kappa shape index (κ2) is 16.5. The summed E-state index contributed by atoms with van der Waals surface area (Å²) in [6, 6.07) is 11.8. The van der Waals surface area contributed by atoms with Crippen molar-refractivity contribution in [2.75, 3.05) is 13.7 Å². The molecule has 2 aromatic carbocycles. The van der Waals surface area contributed by atoms with Crippen molar-refractivity contribution in [3.8, 4) is 33.7 Å². The molecule has 0 bridgehead atoms. The number of imidazole rings is 1. The maximum absolute atomic E-state index is 14.8. The highest BCUT2D eigenvalue weighted by atomic mass is 16.6. The standard InChI is InChI=1S/C43H51N7O8/c1-42(2,3)58-41(56)46-34-11-9-7-5-6-8-10-29-23-43(29,40(54)55)47-37(51)35-22-31(25-49(35)38(34)52)50-39(53)36(28-12-16-30(17-13-28)48-21-20-44-26-48)33(24-45-50)27-14-18-32(57-4)19-15-27/h12-21,24,26,29,31,34-35H,5-11,22-23,25H2,1-4H3,(H,46,56)(H,47,51)(H,54,55)/t29-,31-,34+,35?,43-/m0/s1. The van der Waals surface area contributed by atoms with Crippen molar-refractivity contribution in [2.24, 2.45) is 5.92 Å². The van der Waals surface area contributed by atoms with Crippen LogP contribution in [-0.4, -0.2) is 90.1 Å². The van der Waals surface area contributed by atoms with Crippen molar-refractivity contribution < 1.29 is 33.8 Å². The smallest absolute Gasteiger partial charge is 0.408 e. The molecule has 4 aromatic rings. The van der Waals surface area contributed by atoms with E-state index in [2.05, 4.69) is 20.7 Å². The van der Waals surface area contributed by atoms with Crippen molar-refractivity contribution in [1.29, 1.82) is 0 Å². The fourth-order valence-corrected chi connectivity index (χ4v) is 8.32. The number of carboxylic acid groups (broad SMARTS) is 1. The highest BCUT2D eigenvalue weighted by Crippen LogP contribution is 2.48. The van der Waals surface area contributed by atoms with Gasteiger partial charge in [0.2, 0.25) is 11.8 Å². The Bertz CT molecular complexity index is 2200. The number of hydrogen-bond acceptors (Lipinski definition) is 9. The molecule has 4 heterocycles. The van der Waals surface area contributed by atoms with E-state index in [9.17, 15) is 29.1 Å². The summed E-state index contributed by atoms with van der Waals surface area (Å²) in [6.45, 7) is 5.10. The molecule has 15 nitrogen and oxygen atoms in total. The monoisotopic (exact) mass is 793 g/mol. The molecule has 0 radical (unpaired) electrons. The van der Waals surface area contributed by atoms with Crippen LogP contribution in [0.15, 0.2) is 78.2 Å². The van der Waals surface area contributed by atoms with Crippen LogP contribution in [0.1, 0.15) is 84.6 Å². The van der Waals surface area contributed by atoms with E-state index >= 15 is 0 Å². The van der Waals surface area contributed by atoms with Crippen LogP contribution in [-0.2, 0) is 19.1 Å². The molecule has 2 aliphatic heterocycles. The summed E-state index contributed by atoms with van der Waals surface area (Å²) >= 11 is 0. The molecule has 306 valence electrons. The molecule has 3 aliphatic rings. The van der Waals surface area contributed by atoms with Crippen LogP contribution in [0.4, 0.5) is 4.79 Å². The zero-order valence-corrected chi connectivity index (χ0v) is 33.3. The summed E-state index contributed by atoms with van der Waals surface area (Å²) < 4.78 is 14.1. The van der Waals surface area contributed by atoms with Gasteiger partial charge in [-0.2, -0.15) is 5.10 Å². The fourth-order valence-electron chi connectivity index (χ4n) is 8.32. The SMILES string of the molecule is COc1ccc(-c2cnn([C@H]3CC4C(=O)N[C@@]5(C(=O)O)C[C@@H]5CCCCCCC[C@@H](NC(=O)OC(C)(C)C)C(=O)N4C3)c(=O)c2-c2ccc(-n3ccnc3)cc2)cc1. The summed E-state index contributed by atoms with van der Waals surface area (Å²) in [5.41, 5.74) is 0.468. The number of methoxy groups -OCH3 is 1. The maximum Gasteiger partial charge on any atom is 0.408 e. The van der Waals surface area contributed by atoms with Gasteiger partial charge in [-0.05, 0) is 81.3 Å². The lowest BCUT2D eigenvalue weighted by Crippen LogP contribution is -2.56. The van der Waals surface area contributed by atoms with Gasteiger partial charge in [-0.3, -0.25) is 14.4 Å². The second-order valence-corrected chi connectivity index (χ2v) is 16.5. The fraction of sp³-hybridized carbons (Fsp3) is 0.465. The van der Waals surface area contributed by atoms with Crippen LogP contribution in [0.25, 0.3) is 27.9 Å². The molecule has 7 rings (SSSR count). The van der Waals surface area contributed by atoms with E-state index in [1.54, 1.807) is 58.7 Å². The highest BCUT2D eigenvalue weighted by molar-refractivity contribution is 5.96. The van der Waals surface area contributed by atoms with Crippen molar-refractivity contribution in [3.05, 3.63) is 83.8 Å². The van der Waals surface area contributed by atoms with Gasteiger partial charge in [0.15, 0.2) is 0 Å². The largest absolute Gasteiger partial charge is 0.497 e. The number of aliphatic carboxylic acids is 1. The zero-order chi connectivity index (χ0) is 41.2. The minimum absolute atomic E-state index is 0.00903. The van der Waals surface area contributed by atoms with Gasteiger partial charge in [-0.15, -0.1) is 0 Å². The topological polar surface area (TPSA) is 187 Å². The first-order valence-corrected chi connectivity index (χ1v) is 20.0. The van der Waals surface area contributed by atoms with Gasteiger partial charge in [0.25, 0.3) is 5.56 Å². The molecule has 0 spiro atoms. The third kappa shape index (κ3) is 8.48. The van der Waals surface area contributed by atoms with Gasteiger partial charge in [-0.25, -0.2) is 19.3 Å². The number of nitrogens with zero attached hydrogens (tertiary/aromatic N) is 5. The van der Waals surface area contributed by atoms with Gasteiger partial charge in [0, 0.05) is 36.6 Å². The first kappa shape index (κ1) is 40.2. The number of amides is 3. The molecule has 15 heteroatoms. The van der Waals surface area contributed by atoms with Crippen LogP contribution < -0.4 is 20.9 Å². The summed E-state index contributed by atoms with van der Waals surface area (Å²) in [5.74, 6) is -1.82. The molecule has 1 aliphatic carbocycles. The molecule has 2 saturated heterocycles. The van der Waals surface area contributed by atoms with Crippen molar-refractivity contribution in [3.63, 3.8) is 0 Å². The van der Waals surface area contributed by atoms with Crippen molar-refractivity contribution >= 4 is 23.9 Å². The molecular weight excluding hydrogens is 743 g/mol. The molecular formula is C43H51N7O8. The third-order valence-corrected chi connectivity index (χ3v) is 11.4. The molecule has 3 amide bonds. The summed E-state index contributed by atoms with van der Waals surface area (Å²) in [7, 11) is 1.58. The number of fused-ring (bicyclic) bond motifs is 2. The second-order valence-electron chi connectivity index (χ2n) is 16.5. The Morgan fingerprint density at radius 3 is 2.29 bits per heavy atom. The molecule has 5 atom stereocenters. The van der Waals surface area contributed by atoms with Gasteiger partial charge in [0.05, 0.1) is 31.2 Å². The van der Waals surface area contributed by atoms with E-state index in [0.717, 1.165) is 36.9 Å². The van der Waals surface area contributed by atoms with E-state index in [-0.39, 0.29) is 18.9 Å². The number of carboxylic acids is 1. The Balaban J connectivity index is 1.28. The van der Waals surface area contributed by atoms with E-state index in [1.165, 1.54) is 9.58 Å². The van der Waals surface area contributed by atoms with E-state index in [0.29, 0.717) is 48.1 Å². The Morgan fingerprint density at radius 1 is 0.948 bits per heavy atom. The number of carbonyl (C=O) groups excluding carboxylic acids is 3. The predicted octanol–water partition coefficient (Wildman–Crippen LogP) is 5.51. The third-order valence-electron chi connectivity index (χ3n) is 11.4. The van der Waals surface area contributed by atoms with Gasteiger partial charge in [-0.1, -0.05) is 56.4 Å². The zero-order valence-electron chi connectivity index (χ0n) is 33.3. The Kier molecular flexibility index (Phi) is 11.4. The summed E-state index contributed by atoms with van der Waals surface area (Å²) in [4.78, 5) is 75.0. The number of rotatable bonds is 7. The molecule has 1 saturated carbocycles. The lowest BCUT2D eigenvalue weighted by Gasteiger charge is -2.30. The summed E-state index contributed by atoms with van der Waals surface area (Å²) in [6.07, 6.45) is 11.3. The van der Waals surface area contributed by atoms with Crippen molar-refractivity contribution in [1.82, 2.24) is 34.9 Å². The number of aromatic nitrogens is 4. The van der Waals surface area contributed by atoms with Crippen LogP contribution >= 0.6 is 0 Å². The molecule has 58 heavy (non-hydrogen) atoms. The highest BCUT2D eigenvalue weighted by Gasteiger charge is 2.62. The predicted molar refractivity (Wildman–Crippen MR) is 214 cm³/mol. The van der Waals surface area contributed by atoms with Gasteiger partial charge in [0.1, 0.15) is 29.0 Å². The van der Waals surface area contributed by atoms with Crippen LogP contribution in [0.3, 0.4) is 0 Å². The lowest BCUT2D eigenvalue weighted by atomic mass is 9.96. The minimum atomic E-state index is -1.43. The van der Waals surface area contributed by atoms with Crippen LogP contribution in [0.2, 0.25) is 0 Å². The lowest BCUT2D eigenvalue weighted by molar-refractivity contribution is -0.146. The maximum atomic E-state index is 14.8. The number of carbonyl (C=O) groups is 4. The molecule has 3 fully saturated rings. The Hall–Kier alpha value is -5.99. The number of benzene rings is 2. The first-order valence-electron chi connectivity index (χ1n) is 20.0. The summed E-state index contributed by atoms with van der Waals surface area (Å²) in [5, 5.41) is 20.6.